The van der Waals surface area contributed by atoms with Crippen molar-refractivity contribution in [2.75, 3.05) is 6.61 Å². The van der Waals surface area contributed by atoms with E-state index in [0.29, 0.717) is 6.07 Å². The van der Waals surface area contributed by atoms with Gasteiger partial charge in [-0.1, -0.05) is 13.8 Å². The van der Waals surface area contributed by atoms with Crippen molar-refractivity contribution in [1.82, 2.24) is 0 Å². The largest absolute Gasteiger partial charge is 0.487 e. The lowest BCUT2D eigenvalue weighted by atomic mass is 10.2. The van der Waals surface area contributed by atoms with Gasteiger partial charge in [0.15, 0.2) is 17.4 Å². The van der Waals surface area contributed by atoms with Crippen LogP contribution in [0.1, 0.15) is 13.8 Å². The summed E-state index contributed by atoms with van der Waals surface area (Å²) in [6.07, 6.45) is 0. The zero-order valence-corrected chi connectivity index (χ0v) is 10.4. The van der Waals surface area contributed by atoms with Gasteiger partial charge < -0.3 is 4.74 Å². The highest BCUT2D eigenvalue weighted by Crippen LogP contribution is 2.28. The van der Waals surface area contributed by atoms with Crippen molar-refractivity contribution in [2.24, 2.45) is 5.92 Å². The molecule has 0 N–H and O–H groups in total. The molecular weight excluding hydrogens is 320 g/mol. The average molecular weight is 330 g/mol. The van der Waals surface area contributed by atoms with Crippen molar-refractivity contribution in [3.63, 3.8) is 0 Å². The molecule has 84 valence electrons. The Labute approximate surface area is 99.8 Å². The van der Waals surface area contributed by atoms with Crippen molar-refractivity contribution < 1.29 is 17.9 Å². The third-order valence-corrected chi connectivity index (χ3v) is 2.62. The molecule has 0 heterocycles. The highest BCUT2D eigenvalue weighted by atomic mass is 127. The van der Waals surface area contributed by atoms with Gasteiger partial charge in [-0.2, -0.15) is 0 Å². The molecule has 0 bridgehead atoms. The second-order valence-electron chi connectivity index (χ2n) is 3.50. The Morgan fingerprint density at radius 1 is 1.27 bits per heavy atom. The van der Waals surface area contributed by atoms with Crippen LogP contribution in [-0.4, -0.2) is 6.61 Å². The van der Waals surface area contributed by atoms with Gasteiger partial charge in [0.05, 0.1) is 10.2 Å². The lowest BCUT2D eigenvalue weighted by Crippen LogP contribution is -2.08. The van der Waals surface area contributed by atoms with E-state index >= 15 is 0 Å². The molecular formula is C10H10F3IO. The third kappa shape index (κ3) is 2.99. The Morgan fingerprint density at radius 2 is 1.87 bits per heavy atom. The summed E-state index contributed by atoms with van der Waals surface area (Å²) in [5.41, 5.74) is 0. The predicted molar refractivity (Wildman–Crippen MR) is 59.4 cm³/mol. The van der Waals surface area contributed by atoms with Crippen molar-refractivity contribution in [3.05, 3.63) is 27.1 Å². The molecule has 0 aliphatic heterocycles. The summed E-state index contributed by atoms with van der Waals surface area (Å²) in [4.78, 5) is 0. The van der Waals surface area contributed by atoms with Crippen LogP contribution in [-0.2, 0) is 0 Å². The average Bonchev–Trinajstić information content (AvgIpc) is 2.14. The second kappa shape index (κ2) is 5.05. The second-order valence-corrected chi connectivity index (χ2v) is 4.58. The maximum Gasteiger partial charge on any atom is 0.192 e. The van der Waals surface area contributed by atoms with Crippen molar-refractivity contribution in [1.29, 1.82) is 0 Å². The molecule has 0 aromatic heterocycles. The van der Waals surface area contributed by atoms with Crippen LogP contribution < -0.4 is 4.74 Å². The maximum absolute atomic E-state index is 13.4. The van der Waals surface area contributed by atoms with Crippen molar-refractivity contribution in [2.45, 2.75) is 13.8 Å². The summed E-state index contributed by atoms with van der Waals surface area (Å²) in [5.74, 6) is -3.26. The summed E-state index contributed by atoms with van der Waals surface area (Å²) in [7, 11) is 0. The zero-order valence-electron chi connectivity index (χ0n) is 8.28. The van der Waals surface area contributed by atoms with Crippen LogP contribution in [0.2, 0.25) is 0 Å². The van der Waals surface area contributed by atoms with Gasteiger partial charge >= 0.3 is 0 Å². The van der Waals surface area contributed by atoms with E-state index < -0.39 is 23.2 Å². The third-order valence-electron chi connectivity index (χ3n) is 1.63. The monoisotopic (exact) mass is 330 g/mol. The van der Waals surface area contributed by atoms with Crippen molar-refractivity contribution in [3.8, 4) is 5.75 Å². The predicted octanol–water partition coefficient (Wildman–Crippen LogP) is 3.74. The quantitative estimate of drug-likeness (QED) is 0.466. The first-order valence-corrected chi connectivity index (χ1v) is 5.47. The summed E-state index contributed by atoms with van der Waals surface area (Å²) in [5, 5.41) is 0. The van der Waals surface area contributed by atoms with Gasteiger partial charge in [0.1, 0.15) is 5.82 Å². The lowest BCUT2D eigenvalue weighted by Gasteiger charge is -2.11. The lowest BCUT2D eigenvalue weighted by molar-refractivity contribution is 0.245. The molecule has 1 aromatic carbocycles. The summed E-state index contributed by atoms with van der Waals surface area (Å²) < 4.78 is 44.1. The van der Waals surface area contributed by atoms with Crippen LogP contribution in [0.4, 0.5) is 13.2 Å². The number of halogens is 4. The Bertz CT molecular complexity index is 366. The number of hydrogen-bond donors (Lipinski definition) is 0. The van der Waals surface area contributed by atoms with E-state index in [0.717, 1.165) is 0 Å². The van der Waals surface area contributed by atoms with Crippen LogP contribution in [0.5, 0.6) is 5.75 Å². The fourth-order valence-electron chi connectivity index (χ4n) is 0.932. The molecule has 0 saturated heterocycles. The molecule has 5 heteroatoms. The fourth-order valence-corrected chi connectivity index (χ4v) is 1.33. The molecule has 1 nitrogen and oxygen atoms in total. The maximum atomic E-state index is 13.4. The molecule has 0 aliphatic carbocycles. The number of rotatable bonds is 3. The summed E-state index contributed by atoms with van der Waals surface area (Å²) >= 11 is 1.47. The van der Waals surface area contributed by atoms with E-state index in [1.165, 1.54) is 22.6 Å². The molecule has 0 fully saturated rings. The molecule has 1 rings (SSSR count). The Balaban J connectivity index is 3.02. The fraction of sp³-hybridized carbons (Fsp3) is 0.400. The first-order valence-electron chi connectivity index (χ1n) is 4.39. The minimum atomic E-state index is -1.01. The molecule has 1 aromatic rings. The molecule has 0 atom stereocenters. The van der Waals surface area contributed by atoms with Gasteiger partial charge in [-0.25, -0.2) is 13.2 Å². The number of hydrogen-bond acceptors (Lipinski definition) is 1. The Hall–Kier alpha value is -0.460. The van der Waals surface area contributed by atoms with Crippen LogP contribution in [0.25, 0.3) is 0 Å². The molecule has 0 radical (unpaired) electrons. The molecule has 15 heavy (non-hydrogen) atoms. The van der Waals surface area contributed by atoms with E-state index in [4.69, 9.17) is 4.74 Å². The van der Waals surface area contributed by atoms with Crippen LogP contribution >= 0.6 is 22.6 Å². The minimum absolute atomic E-state index is 0.145. The van der Waals surface area contributed by atoms with E-state index in [-0.39, 0.29) is 16.1 Å². The normalized spacial score (nSPS) is 10.9. The van der Waals surface area contributed by atoms with Crippen LogP contribution in [0.3, 0.4) is 0 Å². The SMILES string of the molecule is CC(C)COc1c(F)cc(F)c(I)c1F. The van der Waals surface area contributed by atoms with Gasteiger partial charge in [0, 0.05) is 6.07 Å². The molecule has 0 saturated carbocycles. The van der Waals surface area contributed by atoms with E-state index in [1.54, 1.807) is 0 Å². The van der Waals surface area contributed by atoms with Gasteiger partial charge in [-0.3, -0.25) is 0 Å². The number of benzene rings is 1. The highest BCUT2D eigenvalue weighted by Gasteiger charge is 2.18. The van der Waals surface area contributed by atoms with Gasteiger partial charge in [0.25, 0.3) is 0 Å². The van der Waals surface area contributed by atoms with E-state index in [9.17, 15) is 13.2 Å². The molecule has 0 unspecified atom stereocenters. The summed E-state index contributed by atoms with van der Waals surface area (Å²) in [6, 6.07) is 0.626. The van der Waals surface area contributed by atoms with E-state index in [2.05, 4.69) is 0 Å². The van der Waals surface area contributed by atoms with Gasteiger partial charge in [-0.05, 0) is 28.5 Å². The Morgan fingerprint density at radius 3 is 2.40 bits per heavy atom. The van der Waals surface area contributed by atoms with Crippen LogP contribution in [0.15, 0.2) is 6.07 Å². The highest BCUT2D eigenvalue weighted by molar-refractivity contribution is 14.1. The van der Waals surface area contributed by atoms with Gasteiger partial charge in [-0.15, -0.1) is 0 Å². The standard InChI is InChI=1S/C10H10F3IO/c1-5(2)4-15-10-7(12)3-6(11)9(14)8(10)13/h3,5H,4H2,1-2H3. The molecule has 0 aliphatic rings. The molecule has 0 spiro atoms. The van der Waals surface area contributed by atoms with E-state index in [1.807, 2.05) is 13.8 Å². The smallest absolute Gasteiger partial charge is 0.192 e. The first-order chi connectivity index (χ1) is 6.93. The van der Waals surface area contributed by atoms with Gasteiger partial charge in [0.2, 0.25) is 0 Å². The molecule has 0 amide bonds. The van der Waals surface area contributed by atoms with Crippen LogP contribution in [0, 0.1) is 26.9 Å². The number of ether oxygens (including phenoxy) is 1. The minimum Gasteiger partial charge on any atom is -0.487 e. The first kappa shape index (κ1) is 12.6. The van der Waals surface area contributed by atoms with Crippen molar-refractivity contribution >= 4 is 22.6 Å². The zero-order chi connectivity index (χ0) is 11.6. The topological polar surface area (TPSA) is 9.23 Å². The summed E-state index contributed by atoms with van der Waals surface area (Å²) in [6.45, 7) is 3.89. The Kier molecular flexibility index (Phi) is 4.24.